The number of nitrogens with one attached hydrogen (secondary N) is 2. The zero-order chi connectivity index (χ0) is 31.9. The van der Waals surface area contributed by atoms with Crippen molar-refractivity contribution in [2.75, 3.05) is 13.1 Å². The summed E-state index contributed by atoms with van der Waals surface area (Å²) in [4.78, 5) is 52.3. The fourth-order valence-electron chi connectivity index (χ4n) is 4.52. The van der Waals surface area contributed by atoms with Gasteiger partial charge in [0.1, 0.15) is 25.1 Å². The zero-order valence-electron chi connectivity index (χ0n) is 25.6. The van der Waals surface area contributed by atoms with Gasteiger partial charge < -0.3 is 20.1 Å². The lowest BCUT2D eigenvalue weighted by Crippen LogP contribution is -2.50. The Balaban J connectivity index is 1.58. The second kappa shape index (κ2) is 14.0. The molecule has 12 heteroatoms. The molecular formula is C31H40BF2N3O6. The molecule has 0 radical (unpaired) electrons. The first kappa shape index (κ1) is 33.5. The van der Waals surface area contributed by atoms with E-state index in [1.54, 1.807) is 20.8 Å². The zero-order valence-corrected chi connectivity index (χ0v) is 25.6. The first-order valence-electron chi connectivity index (χ1n) is 14.3. The smallest absolute Gasteiger partial charge is 0.420 e. The summed E-state index contributed by atoms with van der Waals surface area (Å²) in [5.74, 6) is -1.88. The Hall–Kier alpha value is -3.96. The van der Waals surface area contributed by atoms with Crippen LogP contribution in [0.5, 0.6) is 0 Å². The molecule has 1 fully saturated rings. The van der Waals surface area contributed by atoms with Crippen molar-refractivity contribution >= 4 is 37.3 Å². The van der Waals surface area contributed by atoms with E-state index in [-0.39, 0.29) is 43.8 Å². The number of halogens is 2. The van der Waals surface area contributed by atoms with E-state index in [4.69, 9.17) is 9.47 Å². The molecule has 232 valence electrons. The van der Waals surface area contributed by atoms with Gasteiger partial charge in [0.25, 0.3) is 5.91 Å². The lowest BCUT2D eigenvalue weighted by atomic mass is 9.92. The van der Waals surface area contributed by atoms with Crippen LogP contribution < -0.4 is 16.1 Å². The van der Waals surface area contributed by atoms with Crippen LogP contribution in [0.25, 0.3) is 0 Å². The van der Waals surface area contributed by atoms with Crippen LogP contribution in [-0.4, -0.2) is 67.6 Å². The first-order valence-corrected chi connectivity index (χ1v) is 14.3. The number of amides is 4. The number of aryl methyl sites for hydroxylation is 1. The van der Waals surface area contributed by atoms with Crippen molar-refractivity contribution in [3.05, 3.63) is 65.2 Å². The van der Waals surface area contributed by atoms with Crippen LogP contribution >= 0.6 is 0 Å². The average molecular weight is 599 g/mol. The molecule has 4 amide bonds. The van der Waals surface area contributed by atoms with Gasteiger partial charge in [0.05, 0.1) is 6.04 Å². The molecule has 0 unspecified atom stereocenters. The van der Waals surface area contributed by atoms with Crippen molar-refractivity contribution in [2.24, 2.45) is 5.41 Å². The minimum Gasteiger partial charge on any atom is -0.443 e. The number of benzene rings is 2. The second-order valence-electron chi connectivity index (χ2n) is 12.7. The van der Waals surface area contributed by atoms with Crippen molar-refractivity contribution in [3.63, 3.8) is 0 Å². The molecule has 1 heterocycles. The number of imide groups is 1. The molecule has 1 saturated heterocycles. The molecule has 2 N–H and O–H groups in total. The van der Waals surface area contributed by atoms with Gasteiger partial charge in [-0.2, -0.15) is 0 Å². The van der Waals surface area contributed by atoms with Gasteiger partial charge in [-0.05, 0) is 74.8 Å². The third-order valence-corrected chi connectivity index (χ3v) is 6.88. The van der Waals surface area contributed by atoms with Crippen LogP contribution in [0.4, 0.5) is 18.4 Å². The van der Waals surface area contributed by atoms with Crippen LogP contribution in [0.2, 0.25) is 0 Å². The molecule has 0 saturated carbocycles. The Morgan fingerprint density at radius 3 is 2.30 bits per heavy atom. The lowest BCUT2D eigenvalue weighted by Gasteiger charge is -2.28. The van der Waals surface area contributed by atoms with Gasteiger partial charge in [-0.3, -0.25) is 9.59 Å². The van der Waals surface area contributed by atoms with E-state index in [9.17, 15) is 28.0 Å². The predicted molar refractivity (Wildman–Crippen MR) is 160 cm³/mol. The molecule has 2 aromatic rings. The van der Waals surface area contributed by atoms with Gasteiger partial charge in [0.15, 0.2) is 0 Å². The van der Waals surface area contributed by atoms with Gasteiger partial charge in [-0.1, -0.05) is 43.6 Å². The summed E-state index contributed by atoms with van der Waals surface area (Å²) in [6.07, 6.45) is -2.26. The molecule has 0 aromatic heterocycles. The van der Waals surface area contributed by atoms with E-state index in [0.29, 0.717) is 6.42 Å². The number of cyclic esters (lactones) is 1. The molecule has 0 aliphatic carbocycles. The van der Waals surface area contributed by atoms with Crippen LogP contribution in [0, 0.1) is 17.0 Å². The molecule has 2 aromatic carbocycles. The van der Waals surface area contributed by atoms with Gasteiger partial charge in [0.2, 0.25) is 12.0 Å². The number of ether oxygens (including phenoxy) is 2. The third kappa shape index (κ3) is 10.1. The summed E-state index contributed by atoms with van der Waals surface area (Å²) in [5.41, 5.74) is 0.615. The van der Waals surface area contributed by atoms with E-state index in [1.807, 2.05) is 46.0 Å². The number of hydrogen-bond acceptors (Lipinski definition) is 6. The molecule has 2 atom stereocenters. The van der Waals surface area contributed by atoms with E-state index >= 15 is 0 Å². The minimum absolute atomic E-state index is 0.123. The highest BCUT2D eigenvalue weighted by Crippen LogP contribution is 2.26. The molecule has 3 rings (SSSR count). The summed E-state index contributed by atoms with van der Waals surface area (Å²) in [6, 6.07) is 9.82. The van der Waals surface area contributed by atoms with Crippen LogP contribution in [0.3, 0.4) is 0 Å². The van der Waals surface area contributed by atoms with Crippen molar-refractivity contribution in [3.8, 4) is 0 Å². The third-order valence-electron chi connectivity index (χ3n) is 6.88. The lowest BCUT2D eigenvalue weighted by molar-refractivity contribution is -0.129. The van der Waals surface area contributed by atoms with Crippen molar-refractivity contribution in [1.82, 2.24) is 15.5 Å². The SMILES string of the molecule is Bc1ccc(C[C@@H]2[C@@H](C(=O)NCC(C)(C)CNC(=O)CCCc3cc(F)ccc3F)OC(=O)N2C(=O)OC(C)(C)C)cc1. The highest BCUT2D eigenvalue weighted by Gasteiger charge is 2.50. The Bertz CT molecular complexity index is 1330. The van der Waals surface area contributed by atoms with Crippen molar-refractivity contribution in [2.45, 2.75) is 78.0 Å². The van der Waals surface area contributed by atoms with E-state index in [2.05, 4.69) is 10.6 Å². The Labute approximate surface area is 252 Å². The van der Waals surface area contributed by atoms with E-state index < -0.39 is 52.9 Å². The minimum atomic E-state index is -1.27. The van der Waals surface area contributed by atoms with Gasteiger partial charge in [-0.25, -0.2) is 23.3 Å². The molecule has 1 aliphatic rings. The average Bonchev–Trinajstić information content (AvgIpc) is 3.24. The Kier molecular flexibility index (Phi) is 10.9. The molecule has 9 nitrogen and oxygen atoms in total. The van der Waals surface area contributed by atoms with Crippen LogP contribution in [-0.2, 0) is 31.9 Å². The summed E-state index contributed by atoms with van der Waals surface area (Å²) in [5, 5.41) is 5.61. The summed E-state index contributed by atoms with van der Waals surface area (Å²) in [7, 11) is 1.94. The fourth-order valence-corrected chi connectivity index (χ4v) is 4.52. The van der Waals surface area contributed by atoms with Gasteiger partial charge in [0, 0.05) is 19.5 Å². The quantitative estimate of drug-likeness (QED) is 0.384. The van der Waals surface area contributed by atoms with Gasteiger partial charge >= 0.3 is 12.2 Å². The highest BCUT2D eigenvalue weighted by atomic mass is 19.1. The number of carbonyl (C=O) groups excluding carboxylic acids is 4. The van der Waals surface area contributed by atoms with Crippen molar-refractivity contribution in [1.29, 1.82) is 0 Å². The van der Waals surface area contributed by atoms with Crippen LogP contribution in [0.1, 0.15) is 58.6 Å². The highest BCUT2D eigenvalue weighted by molar-refractivity contribution is 6.32. The molecule has 0 spiro atoms. The molecule has 43 heavy (non-hydrogen) atoms. The Morgan fingerprint density at radius 2 is 1.65 bits per heavy atom. The maximum Gasteiger partial charge on any atom is 0.420 e. The molecule has 0 bridgehead atoms. The number of rotatable bonds is 11. The normalized spacial score (nSPS) is 16.9. The van der Waals surface area contributed by atoms with Gasteiger partial charge in [-0.15, -0.1) is 0 Å². The Morgan fingerprint density at radius 1 is 1.00 bits per heavy atom. The fraction of sp³-hybridized carbons (Fsp3) is 0.484. The van der Waals surface area contributed by atoms with Crippen molar-refractivity contribution < 1.29 is 37.4 Å². The number of carbonyl (C=O) groups is 4. The molecular weight excluding hydrogens is 559 g/mol. The van der Waals surface area contributed by atoms with Crippen LogP contribution in [0.15, 0.2) is 42.5 Å². The maximum absolute atomic E-state index is 13.8. The molecule has 1 aliphatic heterocycles. The largest absolute Gasteiger partial charge is 0.443 e. The van der Waals surface area contributed by atoms with E-state index in [0.717, 1.165) is 34.1 Å². The second-order valence-corrected chi connectivity index (χ2v) is 12.7. The van der Waals surface area contributed by atoms with E-state index in [1.165, 1.54) is 0 Å². The summed E-state index contributed by atoms with van der Waals surface area (Å²) >= 11 is 0. The summed E-state index contributed by atoms with van der Waals surface area (Å²) < 4.78 is 38.0. The maximum atomic E-state index is 13.8. The summed E-state index contributed by atoms with van der Waals surface area (Å²) in [6.45, 7) is 9.07. The number of nitrogens with zero attached hydrogens (tertiary/aromatic N) is 1. The monoisotopic (exact) mass is 599 g/mol. The number of hydrogen-bond donors (Lipinski definition) is 2. The topological polar surface area (TPSA) is 114 Å². The standard InChI is InChI=1S/C31H40BF2N3O6/c1-30(2,3)43-29(41)37-24(15-19-9-11-21(32)12-10-19)26(42-28(37)40)27(39)36-18-31(4,5)17-35-25(38)8-6-7-20-16-22(33)13-14-23(20)34/h9-14,16,24,26H,6-8,15,17-18,32H2,1-5H3,(H,35,38)(H,36,39)/t24-,26+/m1/s1. The predicted octanol–water partition coefficient (Wildman–Crippen LogP) is 3.17. The first-order chi connectivity index (χ1) is 20.0.